The van der Waals surface area contributed by atoms with Crippen LogP contribution in [0.25, 0.3) is 0 Å². The zero-order valence-electron chi connectivity index (χ0n) is 20.5. The maximum atomic E-state index is 6.95. The van der Waals surface area contributed by atoms with Gasteiger partial charge in [-0.05, 0) is 135 Å². The molecule has 0 unspecified atom stereocenters. The lowest BCUT2D eigenvalue weighted by atomic mass is 9.81. The van der Waals surface area contributed by atoms with E-state index in [1.165, 1.54) is 40.8 Å². The van der Waals surface area contributed by atoms with Crippen LogP contribution in [-0.2, 0) is 10.8 Å². The Balaban J connectivity index is 1.41. The molecule has 2 aromatic carbocycles. The van der Waals surface area contributed by atoms with Crippen molar-refractivity contribution in [2.45, 2.75) is 57.8 Å². The lowest BCUT2D eigenvalue weighted by Gasteiger charge is -2.22. The lowest BCUT2D eigenvalue weighted by molar-refractivity contribution is 0.653. The summed E-state index contributed by atoms with van der Waals surface area (Å²) in [7, 11) is 0. The summed E-state index contributed by atoms with van der Waals surface area (Å²) in [5, 5.41) is 4.51. The number of nitrogens with one attached hydrogen (secondary N) is 1. The van der Waals surface area contributed by atoms with Crippen molar-refractivity contribution in [3.05, 3.63) is 101 Å². The molecule has 5 heteroatoms. The third-order valence-corrected chi connectivity index (χ3v) is 9.29. The fourth-order valence-corrected chi connectivity index (χ4v) is 6.47. The van der Waals surface area contributed by atoms with E-state index < -0.39 is 0 Å². The predicted molar refractivity (Wildman–Crippen MR) is 167 cm³/mol. The molecule has 2 heterocycles. The van der Waals surface area contributed by atoms with Crippen LogP contribution in [0.15, 0.2) is 87.6 Å². The zero-order chi connectivity index (χ0) is 25.0. The quantitative estimate of drug-likeness (QED) is 0.316. The highest BCUT2D eigenvalue weighted by Gasteiger charge is 2.35. The number of nitrogens with zero attached hydrogens (tertiary/aromatic N) is 1. The van der Waals surface area contributed by atoms with Gasteiger partial charge in [-0.1, -0.05) is 51.4 Å². The van der Waals surface area contributed by atoms with E-state index in [2.05, 4.69) is 139 Å². The number of allylic oxidation sites excluding steroid dienone is 8. The summed E-state index contributed by atoms with van der Waals surface area (Å²) >= 11 is 11.7. The first-order valence-electron chi connectivity index (χ1n) is 12.0. The van der Waals surface area contributed by atoms with Gasteiger partial charge in [0.1, 0.15) is 0 Å². The van der Waals surface area contributed by atoms with E-state index in [-0.39, 0.29) is 10.8 Å². The Morgan fingerprint density at radius 3 is 2.37 bits per heavy atom. The highest BCUT2D eigenvalue weighted by atomic mass is 127. The summed E-state index contributed by atoms with van der Waals surface area (Å²) in [5.74, 6) is 0. The van der Waals surface area contributed by atoms with Crippen LogP contribution >= 0.6 is 56.8 Å². The Morgan fingerprint density at radius 1 is 0.886 bits per heavy atom. The van der Waals surface area contributed by atoms with Crippen LogP contribution < -0.4 is 5.32 Å². The normalized spacial score (nSPS) is 22.5. The van der Waals surface area contributed by atoms with Crippen molar-refractivity contribution in [3.63, 3.8) is 0 Å². The molecule has 3 aliphatic rings. The van der Waals surface area contributed by atoms with Gasteiger partial charge in [-0.15, -0.1) is 0 Å². The first-order valence-corrected chi connectivity index (χ1v) is 14.6. The van der Waals surface area contributed by atoms with E-state index in [1.807, 2.05) is 0 Å². The van der Waals surface area contributed by atoms with E-state index in [0.717, 1.165) is 35.7 Å². The minimum Gasteiger partial charge on any atom is -0.358 e. The SMILES string of the molecule is CC1(C)C(/C=C/C2=C(Cl)C(=C/C=C3/Nc4ccc(I)cc4C3(C)C)/CCC2)=Nc2ccc(I)cc21. The summed E-state index contributed by atoms with van der Waals surface area (Å²) in [6.07, 6.45) is 11.9. The molecule has 0 spiro atoms. The second-order valence-corrected chi connectivity index (χ2v) is 13.4. The van der Waals surface area contributed by atoms with Gasteiger partial charge in [0.25, 0.3) is 0 Å². The topological polar surface area (TPSA) is 24.4 Å². The van der Waals surface area contributed by atoms with E-state index in [0.29, 0.717) is 0 Å². The molecule has 0 bridgehead atoms. The summed E-state index contributed by atoms with van der Waals surface area (Å²) in [6.45, 7) is 9.06. The number of benzene rings is 2. The third-order valence-electron chi connectivity index (χ3n) is 7.46. The van der Waals surface area contributed by atoms with Crippen molar-refractivity contribution in [3.8, 4) is 0 Å². The molecule has 0 saturated carbocycles. The summed E-state index contributed by atoms with van der Waals surface area (Å²) in [6, 6.07) is 13.1. The Morgan fingerprint density at radius 2 is 1.60 bits per heavy atom. The van der Waals surface area contributed by atoms with Crippen LogP contribution in [0, 0.1) is 7.14 Å². The number of hydrogen-bond acceptors (Lipinski definition) is 2. The summed E-state index contributed by atoms with van der Waals surface area (Å²) in [5.41, 5.74) is 9.46. The zero-order valence-corrected chi connectivity index (χ0v) is 25.5. The van der Waals surface area contributed by atoms with E-state index in [1.54, 1.807) is 0 Å². The average Bonchev–Trinajstić information content (AvgIpc) is 3.21. The highest BCUT2D eigenvalue weighted by Crippen LogP contribution is 2.44. The molecular weight excluding hydrogens is 678 g/mol. The monoisotopic (exact) mass is 706 g/mol. The lowest BCUT2D eigenvalue weighted by Crippen LogP contribution is -2.23. The van der Waals surface area contributed by atoms with Crippen molar-refractivity contribution in [2.75, 3.05) is 5.32 Å². The van der Waals surface area contributed by atoms with Crippen LogP contribution in [-0.4, -0.2) is 5.71 Å². The first kappa shape index (κ1) is 25.3. The number of halogens is 3. The maximum absolute atomic E-state index is 6.95. The molecule has 0 amide bonds. The molecule has 1 aliphatic carbocycles. The number of hydrogen-bond donors (Lipinski definition) is 1. The van der Waals surface area contributed by atoms with E-state index in [4.69, 9.17) is 16.6 Å². The van der Waals surface area contributed by atoms with Gasteiger partial charge in [0.05, 0.1) is 11.4 Å². The molecule has 2 nitrogen and oxygen atoms in total. The van der Waals surface area contributed by atoms with Gasteiger partial charge in [0.15, 0.2) is 0 Å². The Bertz CT molecular complexity index is 1370. The maximum Gasteiger partial charge on any atom is 0.0675 e. The highest BCUT2D eigenvalue weighted by molar-refractivity contribution is 14.1. The summed E-state index contributed by atoms with van der Waals surface area (Å²) < 4.78 is 2.51. The van der Waals surface area contributed by atoms with Crippen molar-refractivity contribution >= 4 is 73.9 Å². The van der Waals surface area contributed by atoms with Gasteiger partial charge in [0.2, 0.25) is 0 Å². The average molecular weight is 707 g/mol. The molecule has 180 valence electrons. The minimum absolute atomic E-state index is 0.0554. The molecule has 2 aliphatic heterocycles. The molecule has 0 saturated heterocycles. The molecule has 5 rings (SSSR count). The molecule has 35 heavy (non-hydrogen) atoms. The van der Waals surface area contributed by atoms with E-state index >= 15 is 0 Å². The standard InChI is InChI=1S/C30H29ClI2N2/c1-29(2)22-16-20(32)10-12-24(22)34-26(29)14-8-18-6-5-7-19(28(18)31)9-15-27-30(3,4)23-17-21(33)11-13-25(23)35-27/h8-17,34H,5-7H2,1-4H3/b15-9+,18-8+,26-14+. The number of rotatable bonds is 3. The molecular formula is C30H29ClI2N2. The predicted octanol–water partition coefficient (Wildman–Crippen LogP) is 9.71. The number of aliphatic imine (C=N–C) groups is 1. The van der Waals surface area contributed by atoms with Crippen LogP contribution in [0.3, 0.4) is 0 Å². The number of anilines is 1. The van der Waals surface area contributed by atoms with Gasteiger partial charge < -0.3 is 5.32 Å². The largest absolute Gasteiger partial charge is 0.358 e. The van der Waals surface area contributed by atoms with Crippen molar-refractivity contribution < 1.29 is 0 Å². The fraction of sp³-hybridized carbons (Fsp3) is 0.300. The van der Waals surface area contributed by atoms with Gasteiger partial charge in [-0.3, -0.25) is 4.99 Å². The minimum atomic E-state index is -0.107. The molecule has 0 fully saturated rings. The van der Waals surface area contributed by atoms with Crippen molar-refractivity contribution in [1.29, 1.82) is 0 Å². The van der Waals surface area contributed by atoms with Gasteiger partial charge in [-0.25, -0.2) is 0 Å². The summed E-state index contributed by atoms with van der Waals surface area (Å²) in [4.78, 5) is 4.93. The van der Waals surface area contributed by atoms with Crippen molar-refractivity contribution in [2.24, 2.45) is 4.99 Å². The van der Waals surface area contributed by atoms with Crippen LogP contribution in [0.1, 0.15) is 58.1 Å². The second-order valence-electron chi connectivity index (χ2n) is 10.5. The molecule has 1 N–H and O–H groups in total. The van der Waals surface area contributed by atoms with Crippen LogP contribution in [0.5, 0.6) is 0 Å². The Kier molecular flexibility index (Phi) is 6.85. The first-order chi connectivity index (χ1) is 16.6. The van der Waals surface area contributed by atoms with Gasteiger partial charge >= 0.3 is 0 Å². The molecule has 0 atom stereocenters. The third kappa shape index (κ3) is 4.71. The fourth-order valence-electron chi connectivity index (χ4n) is 5.17. The van der Waals surface area contributed by atoms with Crippen molar-refractivity contribution in [1.82, 2.24) is 0 Å². The molecule has 2 aromatic rings. The Labute approximate surface area is 241 Å². The van der Waals surface area contributed by atoms with Gasteiger partial charge in [-0.2, -0.15) is 0 Å². The molecule has 0 radical (unpaired) electrons. The Hall–Kier alpha value is -1.38. The number of fused-ring (bicyclic) bond motifs is 2. The van der Waals surface area contributed by atoms with Crippen LogP contribution in [0.4, 0.5) is 11.4 Å². The van der Waals surface area contributed by atoms with Gasteiger partial charge in [0, 0.05) is 34.4 Å². The van der Waals surface area contributed by atoms with Crippen LogP contribution in [0.2, 0.25) is 0 Å². The smallest absolute Gasteiger partial charge is 0.0675 e. The van der Waals surface area contributed by atoms with E-state index in [9.17, 15) is 0 Å². The molecule has 0 aromatic heterocycles. The second kappa shape index (κ2) is 9.49.